The Morgan fingerprint density at radius 2 is 1.67 bits per heavy atom. The van der Waals surface area contributed by atoms with Gasteiger partial charge in [0.15, 0.2) is 0 Å². The predicted octanol–water partition coefficient (Wildman–Crippen LogP) is 4.57. The van der Waals surface area contributed by atoms with Crippen molar-refractivity contribution in [3.63, 3.8) is 0 Å². The highest BCUT2D eigenvalue weighted by Gasteiger charge is 2.27. The SMILES string of the molecule is CCOP(=O)(Cl)OCCOCC(CBr)(CBr)CBr. The lowest BCUT2D eigenvalue weighted by Crippen LogP contribution is -2.33. The van der Waals surface area contributed by atoms with Gasteiger partial charge in [-0.05, 0) is 6.92 Å². The predicted molar refractivity (Wildman–Crippen MR) is 85.7 cm³/mol. The van der Waals surface area contributed by atoms with Crippen molar-refractivity contribution in [2.45, 2.75) is 6.92 Å². The van der Waals surface area contributed by atoms with E-state index in [-0.39, 0.29) is 18.6 Å². The second kappa shape index (κ2) is 10.6. The van der Waals surface area contributed by atoms with E-state index in [0.717, 1.165) is 16.0 Å². The van der Waals surface area contributed by atoms with Crippen LogP contribution in [0.25, 0.3) is 0 Å². The molecule has 0 aliphatic heterocycles. The van der Waals surface area contributed by atoms with Gasteiger partial charge >= 0.3 is 6.95 Å². The molecule has 0 rings (SSSR count). The van der Waals surface area contributed by atoms with Crippen LogP contribution < -0.4 is 0 Å². The third-order valence-corrected chi connectivity index (χ3v) is 7.23. The summed E-state index contributed by atoms with van der Waals surface area (Å²) in [4.78, 5) is 0. The summed E-state index contributed by atoms with van der Waals surface area (Å²) >= 11 is 15.9. The molecule has 110 valence electrons. The summed E-state index contributed by atoms with van der Waals surface area (Å²) < 4.78 is 26.6. The molecule has 0 aromatic rings. The number of hydrogen-bond acceptors (Lipinski definition) is 4. The van der Waals surface area contributed by atoms with Gasteiger partial charge in [-0.1, -0.05) is 47.8 Å². The molecule has 0 saturated carbocycles. The van der Waals surface area contributed by atoms with Crippen molar-refractivity contribution >= 4 is 66.0 Å². The molecule has 0 aliphatic carbocycles. The summed E-state index contributed by atoms with van der Waals surface area (Å²) in [5, 5.41) is 2.43. The van der Waals surface area contributed by atoms with Crippen LogP contribution in [0.15, 0.2) is 0 Å². The number of halogens is 4. The zero-order valence-electron chi connectivity index (χ0n) is 10.0. The second-order valence-electron chi connectivity index (χ2n) is 3.64. The van der Waals surface area contributed by atoms with E-state index in [2.05, 4.69) is 47.8 Å². The van der Waals surface area contributed by atoms with E-state index < -0.39 is 6.95 Å². The summed E-state index contributed by atoms with van der Waals surface area (Å²) in [5.41, 5.74) is -0.00935. The van der Waals surface area contributed by atoms with E-state index in [1.165, 1.54) is 0 Å². The fraction of sp³-hybridized carbons (Fsp3) is 1.00. The molecule has 0 amide bonds. The first-order valence-corrected chi connectivity index (χ1v) is 11.1. The minimum atomic E-state index is -3.43. The first kappa shape index (κ1) is 19.8. The van der Waals surface area contributed by atoms with Gasteiger partial charge in [0.1, 0.15) is 0 Å². The molecule has 4 nitrogen and oxygen atoms in total. The van der Waals surface area contributed by atoms with Crippen molar-refractivity contribution in [3.8, 4) is 0 Å². The van der Waals surface area contributed by atoms with Gasteiger partial charge in [0.25, 0.3) is 0 Å². The summed E-state index contributed by atoms with van der Waals surface area (Å²) in [6, 6.07) is 0. The average molecular weight is 495 g/mol. The van der Waals surface area contributed by atoms with Crippen molar-refractivity contribution in [2.24, 2.45) is 5.41 Å². The smallest absolute Gasteiger partial charge is 0.378 e. The Morgan fingerprint density at radius 1 is 1.11 bits per heavy atom. The van der Waals surface area contributed by atoms with Gasteiger partial charge in [-0.15, -0.1) is 0 Å². The quantitative estimate of drug-likeness (QED) is 0.239. The first-order valence-electron chi connectivity index (χ1n) is 5.29. The van der Waals surface area contributed by atoms with Crippen LogP contribution in [0.5, 0.6) is 0 Å². The molecule has 18 heavy (non-hydrogen) atoms. The van der Waals surface area contributed by atoms with Gasteiger partial charge in [-0.25, -0.2) is 4.57 Å². The maximum Gasteiger partial charge on any atom is 0.424 e. The van der Waals surface area contributed by atoms with Crippen molar-refractivity contribution in [1.29, 1.82) is 0 Å². The Morgan fingerprint density at radius 3 is 2.11 bits per heavy atom. The van der Waals surface area contributed by atoms with Crippen LogP contribution in [0.3, 0.4) is 0 Å². The fourth-order valence-electron chi connectivity index (χ4n) is 0.908. The van der Waals surface area contributed by atoms with Crippen LogP contribution in [0.4, 0.5) is 0 Å². The van der Waals surface area contributed by atoms with Gasteiger partial charge in [-0.2, -0.15) is 0 Å². The van der Waals surface area contributed by atoms with Crippen molar-refractivity contribution in [1.82, 2.24) is 0 Å². The summed E-state index contributed by atoms with van der Waals surface area (Å²) in [6.45, 7) is -0.463. The second-order valence-corrected chi connectivity index (χ2v) is 7.94. The Bertz CT molecular complexity index is 258. The van der Waals surface area contributed by atoms with E-state index in [1.807, 2.05) is 0 Å². The molecule has 0 aromatic carbocycles. The van der Waals surface area contributed by atoms with Crippen LogP contribution in [0.1, 0.15) is 6.92 Å². The topological polar surface area (TPSA) is 44.8 Å². The van der Waals surface area contributed by atoms with Crippen LogP contribution >= 0.6 is 66.0 Å². The monoisotopic (exact) mass is 492 g/mol. The summed E-state index contributed by atoms with van der Waals surface area (Å²) in [6.07, 6.45) is 0. The van der Waals surface area contributed by atoms with Gasteiger partial charge in [-0.3, -0.25) is 9.05 Å². The van der Waals surface area contributed by atoms with Gasteiger partial charge < -0.3 is 4.74 Å². The van der Waals surface area contributed by atoms with Crippen LogP contribution in [-0.2, 0) is 18.3 Å². The maximum atomic E-state index is 11.4. The zero-order chi connectivity index (χ0) is 14.1. The Labute approximate surface area is 138 Å². The molecule has 0 radical (unpaired) electrons. The van der Waals surface area contributed by atoms with Gasteiger partial charge in [0, 0.05) is 32.6 Å². The Kier molecular flexibility index (Phi) is 11.6. The van der Waals surface area contributed by atoms with E-state index in [4.69, 9.17) is 25.0 Å². The van der Waals surface area contributed by atoms with E-state index in [1.54, 1.807) is 6.92 Å². The molecule has 1 unspecified atom stereocenters. The third-order valence-electron chi connectivity index (χ3n) is 2.02. The molecule has 9 heteroatoms. The van der Waals surface area contributed by atoms with Gasteiger partial charge in [0.2, 0.25) is 0 Å². The summed E-state index contributed by atoms with van der Waals surface area (Å²) in [7, 11) is 0. The maximum absolute atomic E-state index is 11.4. The molecular weight excluding hydrogens is 478 g/mol. The average Bonchev–Trinajstić information content (AvgIpc) is 2.34. The fourth-order valence-corrected chi connectivity index (χ4v) is 5.35. The lowest BCUT2D eigenvalue weighted by atomic mass is 9.98. The molecule has 0 aliphatic rings. The molecule has 1 atom stereocenters. The van der Waals surface area contributed by atoms with Crippen molar-refractivity contribution < 1.29 is 18.3 Å². The lowest BCUT2D eigenvalue weighted by Gasteiger charge is -2.27. The van der Waals surface area contributed by atoms with Crippen molar-refractivity contribution in [3.05, 3.63) is 0 Å². The minimum absolute atomic E-state index is 0.00935. The number of alkyl halides is 3. The molecule has 0 heterocycles. The largest absolute Gasteiger partial charge is 0.424 e. The van der Waals surface area contributed by atoms with Crippen LogP contribution in [0.2, 0.25) is 0 Å². The molecule has 0 bridgehead atoms. The van der Waals surface area contributed by atoms with Crippen LogP contribution in [-0.4, -0.2) is 42.4 Å². The normalized spacial score (nSPS) is 15.6. The zero-order valence-corrected chi connectivity index (χ0v) is 16.5. The highest BCUT2D eigenvalue weighted by molar-refractivity contribution is 9.10. The highest BCUT2D eigenvalue weighted by Crippen LogP contribution is 2.53. The summed E-state index contributed by atoms with van der Waals surface area (Å²) in [5.74, 6) is 0. The Hall–Kier alpha value is 1.84. The van der Waals surface area contributed by atoms with Crippen molar-refractivity contribution in [2.75, 3.05) is 42.4 Å². The molecule has 0 fully saturated rings. The number of hydrogen-bond donors (Lipinski definition) is 0. The minimum Gasteiger partial charge on any atom is -0.378 e. The standard InChI is InChI=1S/C9H17Br3ClO4P/c1-2-16-18(13,14)17-4-3-15-8-9(5-10,6-11)7-12/h2-8H2,1H3. The highest BCUT2D eigenvalue weighted by atomic mass is 79.9. The van der Waals surface area contributed by atoms with E-state index in [0.29, 0.717) is 13.2 Å². The molecular formula is C9H17Br3ClO4P. The van der Waals surface area contributed by atoms with E-state index >= 15 is 0 Å². The van der Waals surface area contributed by atoms with Gasteiger partial charge in [0.05, 0.1) is 26.4 Å². The number of rotatable bonds is 11. The lowest BCUT2D eigenvalue weighted by molar-refractivity contribution is 0.0547. The van der Waals surface area contributed by atoms with Crippen LogP contribution in [0, 0.1) is 5.41 Å². The molecule has 0 N–H and O–H groups in total. The molecule has 0 aromatic heterocycles. The third kappa shape index (κ3) is 8.20. The molecule has 0 saturated heterocycles. The molecule has 0 spiro atoms. The van der Waals surface area contributed by atoms with E-state index in [9.17, 15) is 4.57 Å². The number of ether oxygens (including phenoxy) is 1. The first-order chi connectivity index (χ1) is 8.45. The Balaban J connectivity index is 3.83.